The number of hydrogen-bond acceptors (Lipinski definition) is 6. The molecule has 4 rings (SSSR count). The molecule has 1 aliphatic rings. The van der Waals surface area contributed by atoms with E-state index in [9.17, 15) is 4.79 Å². The Balaban J connectivity index is 1.46. The first-order valence-corrected chi connectivity index (χ1v) is 9.27. The zero-order valence-corrected chi connectivity index (χ0v) is 15.6. The highest BCUT2D eigenvalue weighted by Gasteiger charge is 2.29. The van der Waals surface area contributed by atoms with Crippen LogP contribution in [0.5, 0.6) is 0 Å². The second kappa shape index (κ2) is 8.36. The molecule has 2 aromatic carbocycles. The molecule has 3 aromatic rings. The van der Waals surface area contributed by atoms with Crippen LogP contribution in [0.1, 0.15) is 34.9 Å². The Hall–Kier alpha value is -3.98. The van der Waals surface area contributed by atoms with Crippen LogP contribution in [0.4, 0.5) is 11.5 Å². The Morgan fingerprint density at radius 3 is 2.69 bits per heavy atom. The molecule has 1 aromatic heterocycles. The van der Waals surface area contributed by atoms with E-state index < -0.39 is 5.97 Å². The molecule has 1 aliphatic carbocycles. The van der Waals surface area contributed by atoms with Crippen molar-refractivity contribution in [1.82, 2.24) is 9.97 Å². The second-order valence-corrected chi connectivity index (χ2v) is 6.61. The van der Waals surface area contributed by atoms with Gasteiger partial charge in [0, 0.05) is 17.3 Å². The SMILES string of the molecule is N#Cc1ccc(Nc2ncnc3c2CCC3OC(=O)/C=C/c2ccccc2)cc1. The third-order valence-electron chi connectivity index (χ3n) is 4.69. The van der Waals surface area contributed by atoms with Crippen LogP contribution in [0.15, 0.2) is 67.0 Å². The Morgan fingerprint density at radius 1 is 1.14 bits per heavy atom. The molecule has 0 radical (unpaired) electrons. The van der Waals surface area contributed by atoms with Crippen LogP contribution in [-0.4, -0.2) is 15.9 Å². The predicted molar refractivity (Wildman–Crippen MR) is 109 cm³/mol. The zero-order chi connectivity index (χ0) is 20.1. The van der Waals surface area contributed by atoms with E-state index in [1.54, 1.807) is 18.2 Å². The Labute approximate surface area is 168 Å². The van der Waals surface area contributed by atoms with Gasteiger partial charge in [0.25, 0.3) is 0 Å². The van der Waals surface area contributed by atoms with Gasteiger partial charge in [0.05, 0.1) is 17.3 Å². The Morgan fingerprint density at radius 2 is 1.93 bits per heavy atom. The number of anilines is 2. The van der Waals surface area contributed by atoms with E-state index in [0.717, 1.165) is 28.9 Å². The van der Waals surface area contributed by atoms with Gasteiger partial charge in [0.1, 0.15) is 18.2 Å². The average molecular weight is 382 g/mol. The molecule has 6 heteroatoms. The number of carbonyl (C=O) groups excluding carboxylic acids is 1. The largest absolute Gasteiger partial charge is 0.453 e. The zero-order valence-electron chi connectivity index (χ0n) is 15.6. The number of nitrogens with zero attached hydrogens (tertiary/aromatic N) is 3. The van der Waals surface area contributed by atoms with Crippen LogP contribution in [0.25, 0.3) is 6.08 Å². The minimum absolute atomic E-state index is 0.387. The number of rotatable bonds is 5. The number of ether oxygens (including phenoxy) is 1. The number of esters is 1. The molecule has 0 saturated heterocycles. The van der Waals surface area contributed by atoms with Crippen LogP contribution >= 0.6 is 0 Å². The standard InChI is InChI=1S/C23H18N4O2/c24-14-17-6-9-18(10-7-17)27-23-19-11-12-20(22(19)25-15-26-23)29-21(28)13-8-16-4-2-1-3-5-16/h1-10,13,15,20H,11-12H2,(H,25,26,27)/b13-8+. The molecule has 0 spiro atoms. The van der Waals surface area contributed by atoms with Gasteiger partial charge in [-0.1, -0.05) is 30.3 Å². The number of benzene rings is 2. The van der Waals surface area contributed by atoms with E-state index in [1.807, 2.05) is 42.5 Å². The first-order valence-electron chi connectivity index (χ1n) is 9.27. The summed E-state index contributed by atoms with van der Waals surface area (Å²) in [6.45, 7) is 0. The molecule has 1 atom stereocenters. The molecule has 0 aliphatic heterocycles. The summed E-state index contributed by atoms with van der Waals surface area (Å²) in [6, 6.07) is 18.8. The van der Waals surface area contributed by atoms with E-state index in [0.29, 0.717) is 17.8 Å². The summed E-state index contributed by atoms with van der Waals surface area (Å²) in [5.74, 6) is 0.296. The third-order valence-corrected chi connectivity index (χ3v) is 4.69. The lowest BCUT2D eigenvalue weighted by Gasteiger charge is -2.12. The van der Waals surface area contributed by atoms with Crippen LogP contribution in [0, 0.1) is 11.3 Å². The maximum absolute atomic E-state index is 12.2. The van der Waals surface area contributed by atoms with Gasteiger partial charge in [-0.2, -0.15) is 5.26 Å². The third kappa shape index (κ3) is 4.30. The second-order valence-electron chi connectivity index (χ2n) is 6.61. The number of fused-ring (bicyclic) bond motifs is 1. The highest BCUT2D eigenvalue weighted by atomic mass is 16.5. The fraction of sp³-hybridized carbons (Fsp3) is 0.130. The van der Waals surface area contributed by atoms with Gasteiger partial charge in [-0.25, -0.2) is 14.8 Å². The molecule has 0 fully saturated rings. The summed E-state index contributed by atoms with van der Waals surface area (Å²) in [5, 5.41) is 12.2. The molecular weight excluding hydrogens is 364 g/mol. The minimum Gasteiger partial charge on any atom is -0.453 e. The smallest absolute Gasteiger partial charge is 0.331 e. The number of nitrogens with one attached hydrogen (secondary N) is 1. The molecule has 0 amide bonds. The van der Waals surface area contributed by atoms with Crippen molar-refractivity contribution in [3.63, 3.8) is 0 Å². The topological polar surface area (TPSA) is 87.9 Å². The molecule has 0 saturated carbocycles. The van der Waals surface area contributed by atoms with Crippen molar-refractivity contribution in [2.24, 2.45) is 0 Å². The van der Waals surface area contributed by atoms with Gasteiger partial charge >= 0.3 is 5.97 Å². The lowest BCUT2D eigenvalue weighted by atomic mass is 10.2. The van der Waals surface area contributed by atoms with Gasteiger partial charge < -0.3 is 10.1 Å². The fourth-order valence-corrected chi connectivity index (χ4v) is 3.26. The Kier molecular flexibility index (Phi) is 5.30. The summed E-state index contributed by atoms with van der Waals surface area (Å²) in [6.07, 6.45) is 5.63. The highest BCUT2D eigenvalue weighted by Crippen LogP contribution is 2.36. The number of nitriles is 1. The maximum atomic E-state index is 12.2. The van der Waals surface area contributed by atoms with Crippen LogP contribution in [-0.2, 0) is 16.0 Å². The molecule has 142 valence electrons. The quantitative estimate of drug-likeness (QED) is 0.522. The molecule has 1 unspecified atom stereocenters. The first kappa shape index (κ1) is 18.4. The Bertz CT molecular complexity index is 1090. The van der Waals surface area contributed by atoms with Crippen molar-refractivity contribution in [2.75, 3.05) is 5.32 Å². The normalized spacial score (nSPS) is 14.9. The lowest BCUT2D eigenvalue weighted by molar-refractivity contribution is -0.143. The van der Waals surface area contributed by atoms with Gasteiger partial charge in [0.15, 0.2) is 0 Å². The van der Waals surface area contributed by atoms with Crippen molar-refractivity contribution in [3.8, 4) is 6.07 Å². The molecule has 1 heterocycles. The van der Waals surface area contributed by atoms with Gasteiger partial charge in [-0.05, 0) is 48.7 Å². The summed E-state index contributed by atoms with van der Waals surface area (Å²) < 4.78 is 5.62. The average Bonchev–Trinajstić information content (AvgIpc) is 3.17. The highest BCUT2D eigenvalue weighted by molar-refractivity contribution is 5.87. The van der Waals surface area contributed by atoms with Crippen LogP contribution in [0.3, 0.4) is 0 Å². The minimum atomic E-state index is -0.396. The van der Waals surface area contributed by atoms with Gasteiger partial charge in [0.2, 0.25) is 0 Å². The van der Waals surface area contributed by atoms with Gasteiger partial charge in [-0.3, -0.25) is 0 Å². The summed E-state index contributed by atoms with van der Waals surface area (Å²) in [5.41, 5.74) is 4.04. The van der Waals surface area contributed by atoms with E-state index in [2.05, 4.69) is 21.4 Å². The van der Waals surface area contributed by atoms with E-state index in [-0.39, 0.29) is 6.10 Å². The van der Waals surface area contributed by atoms with E-state index in [4.69, 9.17) is 10.00 Å². The number of aromatic nitrogens is 2. The molecule has 29 heavy (non-hydrogen) atoms. The monoisotopic (exact) mass is 382 g/mol. The van der Waals surface area contributed by atoms with Crippen molar-refractivity contribution in [2.45, 2.75) is 18.9 Å². The van der Waals surface area contributed by atoms with Crippen molar-refractivity contribution in [1.29, 1.82) is 5.26 Å². The van der Waals surface area contributed by atoms with Crippen molar-refractivity contribution < 1.29 is 9.53 Å². The summed E-state index contributed by atoms with van der Waals surface area (Å²) in [7, 11) is 0. The van der Waals surface area contributed by atoms with E-state index in [1.165, 1.54) is 12.4 Å². The fourth-order valence-electron chi connectivity index (χ4n) is 3.26. The summed E-state index contributed by atoms with van der Waals surface area (Å²) >= 11 is 0. The molecule has 0 bridgehead atoms. The summed E-state index contributed by atoms with van der Waals surface area (Å²) in [4.78, 5) is 20.9. The van der Waals surface area contributed by atoms with Crippen molar-refractivity contribution >= 4 is 23.6 Å². The van der Waals surface area contributed by atoms with Crippen LogP contribution in [0.2, 0.25) is 0 Å². The first-order chi connectivity index (χ1) is 14.2. The molecule has 1 N–H and O–H groups in total. The molecule has 6 nitrogen and oxygen atoms in total. The predicted octanol–water partition coefficient (Wildman–Crippen LogP) is 4.34. The van der Waals surface area contributed by atoms with E-state index >= 15 is 0 Å². The van der Waals surface area contributed by atoms with Gasteiger partial charge in [-0.15, -0.1) is 0 Å². The molecular formula is C23H18N4O2. The number of carbonyl (C=O) groups is 1. The lowest BCUT2D eigenvalue weighted by Crippen LogP contribution is -2.08. The number of hydrogen-bond donors (Lipinski definition) is 1. The van der Waals surface area contributed by atoms with Crippen molar-refractivity contribution in [3.05, 3.63) is 89.4 Å². The van der Waals surface area contributed by atoms with Crippen LogP contribution < -0.4 is 5.32 Å². The maximum Gasteiger partial charge on any atom is 0.331 e.